The number of hydrogen-bond acceptors (Lipinski definition) is 2. The highest BCUT2D eigenvalue weighted by atomic mass is 35.5. The second-order valence-electron chi connectivity index (χ2n) is 5.00. The molecule has 1 aliphatic carbocycles. The minimum absolute atomic E-state index is 0.459. The maximum Gasteiger partial charge on any atom is 0.147 e. The lowest BCUT2D eigenvalue weighted by Crippen LogP contribution is -2.15. The molecule has 0 saturated heterocycles. The van der Waals surface area contributed by atoms with Crippen LogP contribution in [0.25, 0.3) is 0 Å². The van der Waals surface area contributed by atoms with E-state index in [1.54, 1.807) is 6.33 Å². The van der Waals surface area contributed by atoms with Crippen LogP contribution in [0.3, 0.4) is 0 Å². The first-order chi connectivity index (χ1) is 7.79. The molecule has 3 nitrogen and oxygen atoms in total. The standard InChI is InChI=1S/C12H20ClN3/c1-10-3-2-4-11(7-10)5-6-16-9-14-15-12(16)8-13/h9-11H,2-8H2,1H3. The van der Waals surface area contributed by atoms with E-state index < -0.39 is 0 Å². The average molecular weight is 242 g/mol. The van der Waals surface area contributed by atoms with Crippen LogP contribution in [0.15, 0.2) is 6.33 Å². The smallest absolute Gasteiger partial charge is 0.147 e. The van der Waals surface area contributed by atoms with Crippen molar-refractivity contribution >= 4 is 11.6 Å². The lowest BCUT2D eigenvalue weighted by molar-refractivity contribution is 0.260. The van der Waals surface area contributed by atoms with E-state index in [1.807, 2.05) is 0 Å². The van der Waals surface area contributed by atoms with E-state index in [1.165, 1.54) is 32.1 Å². The average Bonchev–Trinajstić information content (AvgIpc) is 2.74. The molecule has 0 aliphatic heterocycles. The summed E-state index contributed by atoms with van der Waals surface area (Å²) in [5.41, 5.74) is 0. The monoisotopic (exact) mass is 241 g/mol. The Kier molecular flexibility index (Phi) is 4.22. The summed E-state index contributed by atoms with van der Waals surface area (Å²) in [6.07, 6.45) is 8.63. The minimum atomic E-state index is 0.459. The van der Waals surface area contributed by atoms with E-state index >= 15 is 0 Å². The summed E-state index contributed by atoms with van der Waals surface area (Å²) in [5.74, 6) is 3.15. The fourth-order valence-corrected chi connectivity index (χ4v) is 2.92. The van der Waals surface area contributed by atoms with Gasteiger partial charge in [0.2, 0.25) is 0 Å². The molecule has 1 aliphatic rings. The lowest BCUT2D eigenvalue weighted by Gasteiger charge is -2.26. The Morgan fingerprint density at radius 2 is 2.38 bits per heavy atom. The van der Waals surface area contributed by atoms with Crippen molar-refractivity contribution < 1.29 is 0 Å². The van der Waals surface area contributed by atoms with Crippen molar-refractivity contribution in [3.8, 4) is 0 Å². The Hall–Kier alpha value is -0.570. The SMILES string of the molecule is CC1CCCC(CCn2cnnc2CCl)C1. The summed E-state index contributed by atoms with van der Waals surface area (Å²) >= 11 is 5.79. The molecule has 1 fully saturated rings. The van der Waals surface area contributed by atoms with Gasteiger partial charge in [-0.15, -0.1) is 21.8 Å². The van der Waals surface area contributed by atoms with Crippen LogP contribution < -0.4 is 0 Å². The zero-order valence-electron chi connectivity index (χ0n) is 9.90. The molecule has 0 amide bonds. The number of hydrogen-bond donors (Lipinski definition) is 0. The van der Waals surface area contributed by atoms with Gasteiger partial charge in [0.15, 0.2) is 0 Å². The zero-order valence-corrected chi connectivity index (χ0v) is 10.7. The van der Waals surface area contributed by atoms with Gasteiger partial charge in [-0.2, -0.15) is 0 Å². The highest BCUT2D eigenvalue weighted by Crippen LogP contribution is 2.30. The summed E-state index contributed by atoms with van der Waals surface area (Å²) in [7, 11) is 0. The first-order valence-electron chi connectivity index (χ1n) is 6.22. The Labute approximate surface area is 102 Å². The van der Waals surface area contributed by atoms with E-state index in [0.717, 1.165) is 24.2 Å². The maximum atomic E-state index is 5.79. The van der Waals surface area contributed by atoms with Crippen LogP contribution in [-0.4, -0.2) is 14.8 Å². The van der Waals surface area contributed by atoms with Gasteiger partial charge in [0.25, 0.3) is 0 Å². The largest absolute Gasteiger partial charge is 0.317 e. The molecule has 0 bridgehead atoms. The predicted molar refractivity (Wildman–Crippen MR) is 65.3 cm³/mol. The molecular weight excluding hydrogens is 222 g/mol. The lowest BCUT2D eigenvalue weighted by atomic mass is 9.81. The third-order valence-corrected chi connectivity index (χ3v) is 3.88. The molecule has 90 valence electrons. The van der Waals surface area contributed by atoms with Crippen LogP contribution >= 0.6 is 11.6 Å². The Morgan fingerprint density at radius 3 is 3.12 bits per heavy atom. The number of aryl methyl sites for hydroxylation is 1. The molecule has 4 heteroatoms. The van der Waals surface area contributed by atoms with E-state index in [2.05, 4.69) is 21.7 Å². The number of alkyl halides is 1. The van der Waals surface area contributed by atoms with Crippen molar-refractivity contribution in [2.45, 2.75) is 51.5 Å². The molecule has 0 N–H and O–H groups in total. The number of aromatic nitrogens is 3. The maximum absolute atomic E-state index is 5.79. The normalized spacial score (nSPS) is 25.9. The van der Waals surface area contributed by atoms with Crippen LogP contribution in [0.5, 0.6) is 0 Å². The van der Waals surface area contributed by atoms with Crippen LogP contribution in [0.4, 0.5) is 0 Å². The number of halogens is 1. The van der Waals surface area contributed by atoms with Gasteiger partial charge in [0.05, 0.1) is 5.88 Å². The van der Waals surface area contributed by atoms with Gasteiger partial charge in [-0.3, -0.25) is 0 Å². The first-order valence-corrected chi connectivity index (χ1v) is 6.75. The minimum Gasteiger partial charge on any atom is -0.317 e. The van der Waals surface area contributed by atoms with Gasteiger partial charge in [-0.05, 0) is 24.7 Å². The van der Waals surface area contributed by atoms with Crippen molar-refractivity contribution in [1.82, 2.24) is 14.8 Å². The van der Waals surface area contributed by atoms with Crippen molar-refractivity contribution in [2.24, 2.45) is 11.8 Å². The summed E-state index contributed by atoms with van der Waals surface area (Å²) in [5, 5.41) is 7.89. The molecule has 16 heavy (non-hydrogen) atoms. The van der Waals surface area contributed by atoms with Gasteiger partial charge >= 0.3 is 0 Å². The first kappa shape index (κ1) is 11.9. The number of nitrogens with zero attached hydrogens (tertiary/aromatic N) is 3. The summed E-state index contributed by atoms with van der Waals surface area (Å²) in [6.45, 7) is 3.39. The molecule has 2 atom stereocenters. The summed E-state index contributed by atoms with van der Waals surface area (Å²) < 4.78 is 2.09. The van der Waals surface area contributed by atoms with Crippen molar-refractivity contribution in [3.05, 3.63) is 12.2 Å². The molecule has 0 radical (unpaired) electrons. The van der Waals surface area contributed by atoms with Crippen molar-refractivity contribution in [1.29, 1.82) is 0 Å². The second-order valence-corrected chi connectivity index (χ2v) is 5.27. The fraction of sp³-hybridized carbons (Fsp3) is 0.833. The predicted octanol–water partition coefficient (Wildman–Crippen LogP) is 3.23. The number of rotatable bonds is 4. The Morgan fingerprint density at radius 1 is 1.50 bits per heavy atom. The molecular formula is C12H20ClN3. The third-order valence-electron chi connectivity index (χ3n) is 3.64. The van der Waals surface area contributed by atoms with E-state index in [4.69, 9.17) is 11.6 Å². The highest BCUT2D eigenvalue weighted by Gasteiger charge is 2.18. The fourth-order valence-electron chi connectivity index (χ4n) is 2.71. The molecule has 1 saturated carbocycles. The van der Waals surface area contributed by atoms with Gasteiger partial charge in [0.1, 0.15) is 12.2 Å². The molecule has 1 aromatic heterocycles. The summed E-state index contributed by atoms with van der Waals surface area (Å²) in [6, 6.07) is 0. The van der Waals surface area contributed by atoms with Crippen molar-refractivity contribution in [3.63, 3.8) is 0 Å². The molecule has 2 rings (SSSR count). The van der Waals surface area contributed by atoms with Crippen LogP contribution in [0.2, 0.25) is 0 Å². The van der Waals surface area contributed by atoms with Gasteiger partial charge in [-0.25, -0.2) is 0 Å². The van der Waals surface area contributed by atoms with Gasteiger partial charge in [-0.1, -0.05) is 26.2 Å². The second kappa shape index (κ2) is 5.67. The molecule has 1 heterocycles. The van der Waals surface area contributed by atoms with E-state index in [-0.39, 0.29) is 0 Å². The van der Waals surface area contributed by atoms with Crippen LogP contribution in [0.1, 0.15) is 44.9 Å². The van der Waals surface area contributed by atoms with Crippen LogP contribution in [0, 0.1) is 11.8 Å². The zero-order chi connectivity index (χ0) is 11.4. The quantitative estimate of drug-likeness (QED) is 0.758. The van der Waals surface area contributed by atoms with Crippen molar-refractivity contribution in [2.75, 3.05) is 0 Å². The van der Waals surface area contributed by atoms with Gasteiger partial charge in [0, 0.05) is 6.54 Å². The molecule has 2 unspecified atom stereocenters. The molecule has 0 aromatic carbocycles. The van der Waals surface area contributed by atoms with Gasteiger partial charge < -0.3 is 4.57 Å². The highest BCUT2D eigenvalue weighted by molar-refractivity contribution is 6.16. The van der Waals surface area contributed by atoms with Crippen LogP contribution in [-0.2, 0) is 12.4 Å². The molecule has 0 spiro atoms. The Balaban J connectivity index is 1.82. The summed E-state index contributed by atoms with van der Waals surface area (Å²) in [4.78, 5) is 0. The van der Waals surface area contributed by atoms with E-state index in [9.17, 15) is 0 Å². The Bertz CT molecular complexity index is 324. The molecule has 1 aromatic rings. The third kappa shape index (κ3) is 2.97. The van der Waals surface area contributed by atoms with E-state index in [0.29, 0.717) is 5.88 Å². The topological polar surface area (TPSA) is 30.7 Å².